The third-order valence-electron chi connectivity index (χ3n) is 5.34. The number of sulfonamides is 1. The van der Waals surface area contributed by atoms with Crippen LogP contribution in [-0.2, 0) is 14.8 Å². The number of hydrogen-bond acceptors (Lipinski definition) is 6. The average Bonchev–Trinajstić information content (AvgIpc) is 2.84. The normalized spacial score (nSPS) is 14.5. The summed E-state index contributed by atoms with van der Waals surface area (Å²) in [4.78, 5) is 12.5. The third-order valence-corrected chi connectivity index (χ3v) is 7.26. The van der Waals surface area contributed by atoms with E-state index in [-0.39, 0.29) is 17.2 Å². The number of hydrogen-bond donors (Lipinski definition) is 1. The van der Waals surface area contributed by atoms with Gasteiger partial charge in [-0.3, -0.25) is 4.79 Å². The highest BCUT2D eigenvalue weighted by Crippen LogP contribution is 2.31. The van der Waals surface area contributed by atoms with Gasteiger partial charge >= 0.3 is 0 Å². The zero-order valence-electron chi connectivity index (χ0n) is 19.2. The van der Waals surface area contributed by atoms with E-state index in [1.165, 1.54) is 10.4 Å². The number of anilines is 1. The van der Waals surface area contributed by atoms with Crippen LogP contribution in [0, 0.1) is 0 Å². The fourth-order valence-corrected chi connectivity index (χ4v) is 5.30. The lowest BCUT2D eigenvalue weighted by atomic mass is 10.2. The minimum absolute atomic E-state index is 0.0897. The van der Waals surface area contributed by atoms with E-state index in [9.17, 15) is 13.2 Å². The Labute approximate surface area is 195 Å². The number of amides is 1. The van der Waals surface area contributed by atoms with Gasteiger partial charge in [-0.1, -0.05) is 6.42 Å². The topological polar surface area (TPSA) is 94.2 Å². The number of carbonyl (C=O) groups excluding carboxylic acids is 1. The summed E-state index contributed by atoms with van der Waals surface area (Å²) in [6.45, 7) is 3.54. The number of nitrogens with zero attached hydrogens (tertiary/aromatic N) is 1. The van der Waals surface area contributed by atoms with Gasteiger partial charge in [0.1, 0.15) is 22.1 Å². The number of piperidine rings is 1. The van der Waals surface area contributed by atoms with Crippen molar-refractivity contribution in [2.45, 2.75) is 43.9 Å². The Hall–Kier alpha value is -2.78. The minimum atomic E-state index is -3.70. The van der Waals surface area contributed by atoms with Gasteiger partial charge in [0.15, 0.2) is 0 Å². The van der Waals surface area contributed by atoms with E-state index in [1.54, 1.807) is 26.2 Å². The molecule has 0 saturated carbocycles. The Bertz CT molecular complexity index is 1020. The summed E-state index contributed by atoms with van der Waals surface area (Å²) in [6, 6.07) is 12.0. The molecule has 0 aliphatic carbocycles. The minimum Gasteiger partial charge on any atom is -0.497 e. The second-order valence-electron chi connectivity index (χ2n) is 7.73. The van der Waals surface area contributed by atoms with Gasteiger partial charge in [-0.05, 0) is 68.7 Å². The standard InChI is InChI=1S/C24H32N2O6S/c1-3-31-22-14-9-19(18-23(22)33(28,29)26-15-5-4-6-16-26)25-24(27)8-7-17-32-21-12-10-20(30-2)11-13-21/h9-14,18H,3-8,15-17H2,1-2H3,(H,25,27). The Kier molecular flexibility index (Phi) is 8.96. The first-order valence-corrected chi connectivity index (χ1v) is 12.7. The van der Waals surface area contributed by atoms with Crippen LogP contribution in [0.4, 0.5) is 5.69 Å². The molecule has 180 valence electrons. The van der Waals surface area contributed by atoms with Crippen LogP contribution >= 0.6 is 0 Å². The molecule has 1 aliphatic rings. The van der Waals surface area contributed by atoms with Crippen LogP contribution in [0.15, 0.2) is 47.4 Å². The summed E-state index contributed by atoms with van der Waals surface area (Å²) in [6.07, 6.45) is 3.49. The summed E-state index contributed by atoms with van der Waals surface area (Å²) in [5, 5.41) is 2.79. The average molecular weight is 477 g/mol. The lowest BCUT2D eigenvalue weighted by molar-refractivity contribution is -0.116. The Morgan fingerprint density at radius 1 is 1.00 bits per heavy atom. The SMILES string of the molecule is CCOc1ccc(NC(=O)CCCOc2ccc(OC)cc2)cc1S(=O)(=O)N1CCCCC1. The van der Waals surface area contributed by atoms with Crippen LogP contribution in [-0.4, -0.2) is 52.0 Å². The van der Waals surface area contributed by atoms with Crippen molar-refractivity contribution in [3.8, 4) is 17.2 Å². The molecule has 1 saturated heterocycles. The van der Waals surface area contributed by atoms with Crippen LogP contribution in [0.2, 0.25) is 0 Å². The maximum absolute atomic E-state index is 13.2. The van der Waals surface area contributed by atoms with Gasteiger partial charge in [-0.15, -0.1) is 0 Å². The van der Waals surface area contributed by atoms with Crippen molar-refractivity contribution in [3.05, 3.63) is 42.5 Å². The molecular formula is C24H32N2O6S. The Balaban J connectivity index is 1.59. The molecule has 0 bridgehead atoms. The summed E-state index contributed by atoms with van der Waals surface area (Å²) < 4.78 is 44.2. The number of methoxy groups -OCH3 is 1. The molecule has 1 N–H and O–H groups in total. The van der Waals surface area contributed by atoms with E-state index in [0.29, 0.717) is 49.9 Å². The molecule has 3 rings (SSSR count). The molecule has 0 atom stereocenters. The van der Waals surface area contributed by atoms with E-state index in [0.717, 1.165) is 25.0 Å². The van der Waals surface area contributed by atoms with Gasteiger partial charge in [-0.25, -0.2) is 8.42 Å². The highest BCUT2D eigenvalue weighted by Gasteiger charge is 2.29. The van der Waals surface area contributed by atoms with Crippen LogP contribution in [0.1, 0.15) is 39.0 Å². The van der Waals surface area contributed by atoms with Crippen LogP contribution in [0.25, 0.3) is 0 Å². The largest absolute Gasteiger partial charge is 0.497 e. The summed E-state index contributed by atoms with van der Waals surface area (Å²) in [5.41, 5.74) is 0.426. The number of benzene rings is 2. The highest BCUT2D eigenvalue weighted by atomic mass is 32.2. The monoisotopic (exact) mass is 476 g/mol. The first-order valence-electron chi connectivity index (χ1n) is 11.3. The summed E-state index contributed by atoms with van der Waals surface area (Å²) >= 11 is 0. The van der Waals surface area contributed by atoms with Crippen molar-refractivity contribution in [1.29, 1.82) is 0 Å². The second kappa shape index (κ2) is 11.9. The first kappa shape index (κ1) is 24.9. The molecule has 1 fully saturated rings. The zero-order valence-corrected chi connectivity index (χ0v) is 20.0. The highest BCUT2D eigenvalue weighted by molar-refractivity contribution is 7.89. The smallest absolute Gasteiger partial charge is 0.246 e. The second-order valence-corrected chi connectivity index (χ2v) is 9.64. The molecule has 8 nitrogen and oxygen atoms in total. The van der Waals surface area contributed by atoms with E-state index in [4.69, 9.17) is 14.2 Å². The van der Waals surface area contributed by atoms with Gasteiger partial charge in [0, 0.05) is 25.2 Å². The molecule has 2 aromatic carbocycles. The third kappa shape index (κ3) is 6.85. The lowest BCUT2D eigenvalue weighted by Gasteiger charge is -2.27. The molecule has 1 heterocycles. The summed E-state index contributed by atoms with van der Waals surface area (Å²) in [5.74, 6) is 1.54. The molecule has 2 aromatic rings. The Morgan fingerprint density at radius 2 is 1.70 bits per heavy atom. The van der Waals surface area contributed by atoms with Crippen molar-refractivity contribution in [2.24, 2.45) is 0 Å². The molecule has 9 heteroatoms. The van der Waals surface area contributed by atoms with E-state index in [2.05, 4.69) is 5.32 Å². The predicted molar refractivity (Wildman–Crippen MR) is 127 cm³/mol. The number of carbonyl (C=O) groups is 1. The molecule has 0 spiro atoms. The van der Waals surface area contributed by atoms with Gasteiger partial charge < -0.3 is 19.5 Å². The number of rotatable bonds is 11. The molecule has 1 aliphatic heterocycles. The van der Waals surface area contributed by atoms with Crippen LogP contribution in [0.5, 0.6) is 17.2 Å². The maximum Gasteiger partial charge on any atom is 0.246 e. The van der Waals surface area contributed by atoms with Crippen molar-refractivity contribution < 1.29 is 27.4 Å². The fraction of sp³-hybridized carbons (Fsp3) is 0.458. The van der Waals surface area contributed by atoms with Gasteiger partial charge in [0.2, 0.25) is 15.9 Å². The number of nitrogens with one attached hydrogen (secondary N) is 1. The molecule has 0 radical (unpaired) electrons. The predicted octanol–water partition coefficient (Wildman–Crippen LogP) is 4.07. The van der Waals surface area contributed by atoms with E-state index >= 15 is 0 Å². The molecule has 1 amide bonds. The molecule has 33 heavy (non-hydrogen) atoms. The maximum atomic E-state index is 13.2. The molecule has 0 aromatic heterocycles. The summed E-state index contributed by atoms with van der Waals surface area (Å²) in [7, 11) is -2.10. The lowest BCUT2D eigenvalue weighted by Crippen LogP contribution is -2.35. The van der Waals surface area contributed by atoms with Gasteiger partial charge in [0.25, 0.3) is 0 Å². The van der Waals surface area contributed by atoms with E-state index < -0.39 is 10.0 Å². The quantitative estimate of drug-likeness (QED) is 0.492. The van der Waals surface area contributed by atoms with Crippen LogP contribution in [0.3, 0.4) is 0 Å². The van der Waals surface area contributed by atoms with Crippen LogP contribution < -0.4 is 19.5 Å². The van der Waals surface area contributed by atoms with Crippen molar-refractivity contribution in [1.82, 2.24) is 4.31 Å². The molecular weight excluding hydrogens is 444 g/mol. The zero-order chi connectivity index (χ0) is 23.7. The number of ether oxygens (including phenoxy) is 3. The fourth-order valence-electron chi connectivity index (χ4n) is 3.62. The van der Waals surface area contributed by atoms with E-state index in [1.807, 2.05) is 24.3 Å². The van der Waals surface area contributed by atoms with Crippen molar-refractivity contribution >= 4 is 21.6 Å². The van der Waals surface area contributed by atoms with Gasteiger partial charge in [-0.2, -0.15) is 4.31 Å². The van der Waals surface area contributed by atoms with Crippen molar-refractivity contribution in [2.75, 3.05) is 38.7 Å². The molecule has 0 unspecified atom stereocenters. The van der Waals surface area contributed by atoms with Gasteiger partial charge in [0.05, 0.1) is 20.3 Å². The first-order chi connectivity index (χ1) is 15.9. The Morgan fingerprint density at radius 3 is 2.36 bits per heavy atom. The van der Waals surface area contributed by atoms with Crippen molar-refractivity contribution in [3.63, 3.8) is 0 Å².